The normalized spacial score (nSPS) is 29.3. The molecule has 1 N–H and O–H groups in total. The Morgan fingerprint density at radius 1 is 1.35 bits per heavy atom. The SMILES string of the molecule is CCCC1CNC2(CCCC2)CN1CC(F)F. The second kappa shape index (κ2) is 5.61. The smallest absolute Gasteiger partial charge is 0.251 e. The van der Waals surface area contributed by atoms with Crippen molar-refractivity contribution in [2.24, 2.45) is 0 Å². The van der Waals surface area contributed by atoms with Gasteiger partial charge >= 0.3 is 0 Å². The quantitative estimate of drug-likeness (QED) is 0.820. The lowest BCUT2D eigenvalue weighted by Crippen LogP contribution is -2.63. The fourth-order valence-corrected chi connectivity index (χ4v) is 3.43. The van der Waals surface area contributed by atoms with Crippen molar-refractivity contribution in [3.63, 3.8) is 0 Å². The molecule has 1 spiro atoms. The summed E-state index contributed by atoms with van der Waals surface area (Å²) in [5, 5.41) is 3.65. The fraction of sp³-hybridized carbons (Fsp3) is 1.00. The number of hydrogen-bond acceptors (Lipinski definition) is 2. The van der Waals surface area contributed by atoms with Gasteiger partial charge in [-0.3, -0.25) is 4.90 Å². The van der Waals surface area contributed by atoms with Gasteiger partial charge in [-0.2, -0.15) is 0 Å². The van der Waals surface area contributed by atoms with E-state index < -0.39 is 6.43 Å². The van der Waals surface area contributed by atoms with Gasteiger partial charge in [0.15, 0.2) is 0 Å². The van der Waals surface area contributed by atoms with E-state index in [0.29, 0.717) is 6.04 Å². The molecule has 17 heavy (non-hydrogen) atoms. The maximum atomic E-state index is 12.6. The van der Waals surface area contributed by atoms with E-state index in [1.54, 1.807) is 0 Å². The number of halogens is 2. The minimum absolute atomic E-state index is 0.0475. The van der Waals surface area contributed by atoms with Crippen LogP contribution >= 0.6 is 0 Å². The van der Waals surface area contributed by atoms with Gasteiger partial charge in [0.1, 0.15) is 0 Å². The third-order valence-electron chi connectivity index (χ3n) is 4.29. The Bertz CT molecular complexity index is 240. The van der Waals surface area contributed by atoms with Crippen molar-refractivity contribution in [1.29, 1.82) is 0 Å². The van der Waals surface area contributed by atoms with Crippen LogP contribution in [0.25, 0.3) is 0 Å². The van der Waals surface area contributed by atoms with E-state index in [2.05, 4.69) is 12.2 Å². The van der Waals surface area contributed by atoms with Crippen LogP contribution in [0.15, 0.2) is 0 Å². The molecular formula is C13H24F2N2. The van der Waals surface area contributed by atoms with Crippen LogP contribution in [0.4, 0.5) is 8.78 Å². The molecule has 1 aliphatic heterocycles. The van der Waals surface area contributed by atoms with Crippen molar-refractivity contribution in [2.45, 2.75) is 63.5 Å². The topological polar surface area (TPSA) is 15.3 Å². The Hall–Kier alpha value is -0.220. The first kappa shape index (κ1) is 13.2. The first-order valence-electron chi connectivity index (χ1n) is 6.92. The number of nitrogens with one attached hydrogen (secondary N) is 1. The molecule has 100 valence electrons. The van der Waals surface area contributed by atoms with Crippen LogP contribution in [0.3, 0.4) is 0 Å². The van der Waals surface area contributed by atoms with E-state index >= 15 is 0 Å². The van der Waals surface area contributed by atoms with E-state index in [4.69, 9.17) is 0 Å². The number of piperazine rings is 1. The molecule has 0 aromatic carbocycles. The molecule has 2 nitrogen and oxygen atoms in total. The molecule has 1 atom stereocenters. The van der Waals surface area contributed by atoms with Crippen molar-refractivity contribution in [1.82, 2.24) is 10.2 Å². The minimum Gasteiger partial charge on any atom is -0.308 e. The third kappa shape index (κ3) is 3.16. The monoisotopic (exact) mass is 246 g/mol. The molecule has 2 fully saturated rings. The van der Waals surface area contributed by atoms with Crippen LogP contribution < -0.4 is 5.32 Å². The van der Waals surface area contributed by atoms with Crippen molar-refractivity contribution in [3.8, 4) is 0 Å². The predicted octanol–water partition coefficient (Wildman–Crippen LogP) is 2.64. The summed E-state index contributed by atoms with van der Waals surface area (Å²) in [6.07, 6.45) is 4.69. The zero-order valence-corrected chi connectivity index (χ0v) is 10.7. The Morgan fingerprint density at radius 2 is 2.06 bits per heavy atom. The molecule has 2 aliphatic rings. The van der Waals surface area contributed by atoms with Gasteiger partial charge < -0.3 is 5.32 Å². The van der Waals surface area contributed by atoms with E-state index in [-0.39, 0.29) is 12.1 Å². The molecular weight excluding hydrogens is 222 g/mol. The summed E-state index contributed by atoms with van der Waals surface area (Å²) in [7, 11) is 0. The standard InChI is InChI=1S/C13H24F2N2/c1-2-5-11-8-16-13(6-3-4-7-13)10-17(11)9-12(14)15/h11-12,16H,2-10H2,1H3. The zero-order valence-electron chi connectivity index (χ0n) is 10.7. The number of nitrogens with zero attached hydrogens (tertiary/aromatic N) is 1. The fourth-order valence-electron chi connectivity index (χ4n) is 3.43. The number of rotatable bonds is 4. The highest BCUT2D eigenvalue weighted by atomic mass is 19.3. The first-order valence-corrected chi connectivity index (χ1v) is 6.92. The molecule has 0 aromatic rings. The summed E-state index contributed by atoms with van der Waals surface area (Å²) in [5.41, 5.74) is 0.152. The molecule has 0 aromatic heterocycles. The molecule has 0 bridgehead atoms. The molecule has 1 saturated heterocycles. The lowest BCUT2D eigenvalue weighted by molar-refractivity contribution is 0.0182. The molecule has 1 aliphatic carbocycles. The van der Waals surface area contributed by atoms with E-state index in [0.717, 1.165) is 38.8 Å². The largest absolute Gasteiger partial charge is 0.308 e. The second-order valence-electron chi connectivity index (χ2n) is 5.63. The molecule has 1 saturated carbocycles. The van der Waals surface area contributed by atoms with Crippen LogP contribution in [-0.2, 0) is 0 Å². The minimum atomic E-state index is -2.20. The van der Waals surface area contributed by atoms with Crippen LogP contribution in [0.1, 0.15) is 45.4 Å². The molecule has 1 heterocycles. The second-order valence-corrected chi connectivity index (χ2v) is 5.63. The highest BCUT2D eigenvalue weighted by Gasteiger charge is 2.41. The van der Waals surface area contributed by atoms with Gasteiger partial charge in [-0.1, -0.05) is 26.2 Å². The number of alkyl halides is 2. The molecule has 2 rings (SSSR count). The first-order chi connectivity index (χ1) is 8.15. The van der Waals surface area contributed by atoms with Crippen molar-refractivity contribution in [3.05, 3.63) is 0 Å². The van der Waals surface area contributed by atoms with Gasteiger partial charge in [-0.05, 0) is 19.3 Å². The maximum absolute atomic E-state index is 12.6. The van der Waals surface area contributed by atoms with E-state index in [1.165, 1.54) is 12.8 Å². The summed E-state index contributed by atoms with van der Waals surface area (Å²) in [6, 6.07) is 0.306. The average molecular weight is 246 g/mol. The van der Waals surface area contributed by atoms with Gasteiger partial charge in [0.05, 0.1) is 6.54 Å². The zero-order chi connectivity index (χ0) is 12.3. The Balaban J connectivity index is 1.98. The Morgan fingerprint density at radius 3 is 2.65 bits per heavy atom. The third-order valence-corrected chi connectivity index (χ3v) is 4.29. The van der Waals surface area contributed by atoms with Crippen LogP contribution in [0.2, 0.25) is 0 Å². The highest BCUT2D eigenvalue weighted by molar-refractivity contribution is 5.00. The van der Waals surface area contributed by atoms with Gasteiger partial charge in [-0.15, -0.1) is 0 Å². The van der Waals surface area contributed by atoms with E-state index in [9.17, 15) is 8.78 Å². The summed E-state index contributed by atoms with van der Waals surface area (Å²) < 4.78 is 25.3. The Labute approximate surface area is 103 Å². The molecule has 0 radical (unpaired) electrons. The van der Waals surface area contributed by atoms with Crippen molar-refractivity contribution < 1.29 is 8.78 Å². The van der Waals surface area contributed by atoms with Crippen molar-refractivity contribution in [2.75, 3.05) is 19.6 Å². The van der Waals surface area contributed by atoms with Gasteiger partial charge in [0.2, 0.25) is 0 Å². The van der Waals surface area contributed by atoms with Crippen LogP contribution in [-0.4, -0.2) is 42.5 Å². The van der Waals surface area contributed by atoms with E-state index in [1.807, 2.05) is 4.90 Å². The van der Waals surface area contributed by atoms with Gasteiger partial charge in [0.25, 0.3) is 6.43 Å². The number of hydrogen-bond donors (Lipinski definition) is 1. The molecule has 0 amide bonds. The summed E-state index contributed by atoms with van der Waals surface area (Å²) in [5.74, 6) is 0. The van der Waals surface area contributed by atoms with Crippen LogP contribution in [0.5, 0.6) is 0 Å². The predicted molar refractivity (Wildman–Crippen MR) is 65.5 cm³/mol. The molecule has 1 unspecified atom stereocenters. The average Bonchev–Trinajstić information content (AvgIpc) is 2.70. The lowest BCUT2D eigenvalue weighted by Gasteiger charge is -2.46. The summed E-state index contributed by atoms with van der Waals surface area (Å²) >= 11 is 0. The highest BCUT2D eigenvalue weighted by Crippen LogP contribution is 2.33. The van der Waals surface area contributed by atoms with Gasteiger partial charge in [-0.25, -0.2) is 8.78 Å². The maximum Gasteiger partial charge on any atom is 0.251 e. The van der Waals surface area contributed by atoms with Crippen LogP contribution in [0, 0.1) is 0 Å². The molecule has 4 heteroatoms. The summed E-state index contributed by atoms with van der Waals surface area (Å²) in [6.45, 7) is 3.79. The van der Waals surface area contributed by atoms with Crippen molar-refractivity contribution >= 4 is 0 Å². The van der Waals surface area contributed by atoms with Gasteiger partial charge in [0, 0.05) is 24.7 Å². The lowest BCUT2D eigenvalue weighted by atomic mass is 9.91. The summed E-state index contributed by atoms with van der Waals surface area (Å²) in [4.78, 5) is 2.04. The Kier molecular flexibility index (Phi) is 4.36.